The number of anilines is 1. The second kappa shape index (κ2) is 4.86. The Hall–Kier alpha value is -2.04. The largest absolute Gasteiger partial charge is 0.372 e. The van der Waals surface area contributed by atoms with Gasteiger partial charge in [0, 0.05) is 12.2 Å². The second-order valence-electron chi connectivity index (χ2n) is 3.95. The number of urea groups is 1. The molecule has 1 heterocycles. The predicted octanol–water partition coefficient (Wildman–Crippen LogP) is 0.869. The topological polar surface area (TPSA) is 70.2 Å². The summed E-state index contributed by atoms with van der Waals surface area (Å²) in [4.78, 5) is 22.4. The number of aryl methyl sites for hydroxylation is 1. The second-order valence-corrected chi connectivity index (χ2v) is 3.95. The number of nitrogens with one attached hydrogen (secondary N) is 3. The molecule has 1 saturated heterocycles. The molecule has 1 aliphatic rings. The van der Waals surface area contributed by atoms with Crippen molar-refractivity contribution in [1.82, 2.24) is 10.6 Å². The smallest absolute Gasteiger partial charge is 0.321 e. The average Bonchev–Trinajstić information content (AvgIpc) is 2.34. The number of hydrogen-bond donors (Lipinski definition) is 3. The van der Waals surface area contributed by atoms with E-state index in [9.17, 15) is 9.59 Å². The third-order valence-corrected chi connectivity index (χ3v) is 2.72. The van der Waals surface area contributed by atoms with Gasteiger partial charge in [0.25, 0.3) is 5.91 Å². The Bertz CT molecular complexity index is 428. The van der Waals surface area contributed by atoms with E-state index in [4.69, 9.17) is 0 Å². The zero-order chi connectivity index (χ0) is 12.3. The van der Waals surface area contributed by atoms with E-state index in [1.807, 2.05) is 24.3 Å². The maximum absolute atomic E-state index is 11.5. The van der Waals surface area contributed by atoms with Gasteiger partial charge < -0.3 is 10.6 Å². The van der Waals surface area contributed by atoms with Crippen LogP contribution in [-0.2, 0) is 11.2 Å². The molecule has 0 aromatic heterocycles. The lowest BCUT2D eigenvalue weighted by Crippen LogP contribution is -2.57. The minimum Gasteiger partial charge on any atom is -0.372 e. The van der Waals surface area contributed by atoms with E-state index in [2.05, 4.69) is 22.9 Å². The summed E-state index contributed by atoms with van der Waals surface area (Å²) in [5, 5.41) is 7.87. The van der Waals surface area contributed by atoms with Crippen LogP contribution < -0.4 is 16.0 Å². The van der Waals surface area contributed by atoms with Gasteiger partial charge in [0.1, 0.15) is 6.04 Å². The summed E-state index contributed by atoms with van der Waals surface area (Å²) in [6.45, 7) is 2.40. The van der Waals surface area contributed by atoms with Gasteiger partial charge in [-0.05, 0) is 24.1 Å². The predicted molar refractivity (Wildman–Crippen MR) is 64.8 cm³/mol. The molecular formula is C12H15N3O2. The van der Waals surface area contributed by atoms with Crippen LogP contribution in [0.1, 0.15) is 12.5 Å². The van der Waals surface area contributed by atoms with Gasteiger partial charge in [0.05, 0.1) is 0 Å². The van der Waals surface area contributed by atoms with Crippen molar-refractivity contribution in [3.05, 3.63) is 29.8 Å². The van der Waals surface area contributed by atoms with Crippen LogP contribution in [0.2, 0.25) is 0 Å². The Morgan fingerprint density at radius 3 is 2.59 bits per heavy atom. The van der Waals surface area contributed by atoms with Crippen LogP contribution in [0, 0.1) is 0 Å². The highest BCUT2D eigenvalue weighted by Crippen LogP contribution is 2.11. The normalized spacial score (nSPS) is 19.5. The molecule has 0 radical (unpaired) electrons. The zero-order valence-corrected chi connectivity index (χ0v) is 9.62. The molecule has 0 spiro atoms. The molecule has 5 nitrogen and oxygen atoms in total. The number of carbonyl (C=O) groups is 2. The monoisotopic (exact) mass is 233 g/mol. The quantitative estimate of drug-likeness (QED) is 0.725. The Labute approximate surface area is 99.6 Å². The van der Waals surface area contributed by atoms with Crippen molar-refractivity contribution in [2.24, 2.45) is 0 Å². The van der Waals surface area contributed by atoms with E-state index >= 15 is 0 Å². The molecule has 3 amide bonds. The summed E-state index contributed by atoms with van der Waals surface area (Å²) < 4.78 is 0. The van der Waals surface area contributed by atoms with Crippen molar-refractivity contribution in [3.63, 3.8) is 0 Å². The summed E-state index contributed by atoms with van der Waals surface area (Å²) in [5.74, 6) is -0.298. The Morgan fingerprint density at radius 2 is 2.00 bits per heavy atom. The summed E-state index contributed by atoms with van der Waals surface area (Å²) in [7, 11) is 0. The molecule has 1 atom stereocenters. The van der Waals surface area contributed by atoms with Crippen LogP contribution in [0.4, 0.5) is 10.5 Å². The minimum atomic E-state index is -0.436. The lowest BCUT2D eigenvalue weighted by atomic mass is 10.1. The van der Waals surface area contributed by atoms with E-state index in [0.29, 0.717) is 6.54 Å². The van der Waals surface area contributed by atoms with E-state index in [-0.39, 0.29) is 5.91 Å². The SMILES string of the molecule is CCc1ccc(NC2CNC(=O)NC2=O)cc1. The molecule has 1 fully saturated rings. The van der Waals surface area contributed by atoms with Gasteiger partial charge >= 0.3 is 6.03 Å². The average molecular weight is 233 g/mol. The van der Waals surface area contributed by atoms with Crippen LogP contribution in [-0.4, -0.2) is 24.5 Å². The van der Waals surface area contributed by atoms with E-state index in [1.54, 1.807) is 0 Å². The molecule has 17 heavy (non-hydrogen) atoms. The molecule has 3 N–H and O–H groups in total. The van der Waals surface area contributed by atoms with Crippen molar-refractivity contribution in [1.29, 1.82) is 0 Å². The molecule has 0 saturated carbocycles. The summed E-state index contributed by atoms with van der Waals surface area (Å²) in [5.41, 5.74) is 2.12. The lowest BCUT2D eigenvalue weighted by molar-refractivity contribution is -0.121. The Kier molecular flexibility index (Phi) is 3.27. The lowest BCUT2D eigenvalue weighted by Gasteiger charge is -2.23. The summed E-state index contributed by atoms with van der Waals surface area (Å²) >= 11 is 0. The van der Waals surface area contributed by atoms with Gasteiger partial charge in [-0.1, -0.05) is 19.1 Å². The van der Waals surface area contributed by atoms with Gasteiger partial charge in [0.2, 0.25) is 0 Å². The highest BCUT2D eigenvalue weighted by atomic mass is 16.2. The van der Waals surface area contributed by atoms with Crippen molar-refractivity contribution in [2.45, 2.75) is 19.4 Å². The molecule has 1 aliphatic heterocycles. The van der Waals surface area contributed by atoms with Gasteiger partial charge in [-0.25, -0.2) is 4.79 Å². The molecule has 0 bridgehead atoms. The first kappa shape index (κ1) is 11.4. The van der Waals surface area contributed by atoms with Crippen LogP contribution in [0.3, 0.4) is 0 Å². The maximum Gasteiger partial charge on any atom is 0.321 e. The van der Waals surface area contributed by atoms with Crippen molar-refractivity contribution in [2.75, 3.05) is 11.9 Å². The van der Waals surface area contributed by atoms with Crippen molar-refractivity contribution >= 4 is 17.6 Å². The van der Waals surface area contributed by atoms with E-state index in [1.165, 1.54) is 5.56 Å². The molecule has 5 heteroatoms. The Balaban J connectivity index is 2.00. The fraction of sp³-hybridized carbons (Fsp3) is 0.333. The number of hydrogen-bond acceptors (Lipinski definition) is 3. The van der Waals surface area contributed by atoms with Crippen LogP contribution >= 0.6 is 0 Å². The van der Waals surface area contributed by atoms with Crippen LogP contribution in [0.5, 0.6) is 0 Å². The summed E-state index contributed by atoms with van der Waals surface area (Å²) in [6.07, 6.45) is 0.986. The molecule has 2 rings (SSSR count). The van der Waals surface area contributed by atoms with Gasteiger partial charge in [-0.2, -0.15) is 0 Å². The fourth-order valence-corrected chi connectivity index (χ4v) is 1.69. The van der Waals surface area contributed by atoms with Crippen molar-refractivity contribution < 1.29 is 9.59 Å². The highest BCUT2D eigenvalue weighted by Gasteiger charge is 2.25. The number of benzene rings is 1. The third-order valence-electron chi connectivity index (χ3n) is 2.72. The number of carbonyl (C=O) groups excluding carboxylic acids is 2. The van der Waals surface area contributed by atoms with E-state index < -0.39 is 12.1 Å². The van der Waals surface area contributed by atoms with Gasteiger partial charge in [-0.3, -0.25) is 10.1 Å². The maximum atomic E-state index is 11.5. The molecule has 1 aromatic rings. The van der Waals surface area contributed by atoms with Crippen LogP contribution in [0.15, 0.2) is 24.3 Å². The third kappa shape index (κ3) is 2.75. The molecule has 90 valence electrons. The van der Waals surface area contributed by atoms with Crippen molar-refractivity contribution in [3.8, 4) is 0 Å². The molecule has 0 aliphatic carbocycles. The van der Waals surface area contributed by atoms with Gasteiger partial charge in [0.15, 0.2) is 0 Å². The fourth-order valence-electron chi connectivity index (χ4n) is 1.69. The first-order valence-corrected chi connectivity index (χ1v) is 5.63. The number of rotatable bonds is 3. The first-order valence-electron chi connectivity index (χ1n) is 5.63. The Morgan fingerprint density at radius 1 is 1.29 bits per heavy atom. The number of imide groups is 1. The molecule has 1 aromatic carbocycles. The standard InChI is InChI=1S/C12H15N3O2/c1-2-8-3-5-9(6-4-8)14-10-7-13-12(17)15-11(10)16/h3-6,10,14H,2,7H2,1H3,(H2,13,15,16,17). The van der Waals surface area contributed by atoms with E-state index in [0.717, 1.165) is 12.1 Å². The molecule has 1 unspecified atom stereocenters. The highest BCUT2D eigenvalue weighted by molar-refractivity contribution is 6.00. The zero-order valence-electron chi connectivity index (χ0n) is 9.62. The van der Waals surface area contributed by atoms with Gasteiger partial charge in [-0.15, -0.1) is 0 Å². The number of amides is 3. The minimum absolute atomic E-state index is 0.298. The first-order chi connectivity index (χ1) is 8.19. The molecular weight excluding hydrogens is 218 g/mol. The van der Waals surface area contributed by atoms with Crippen LogP contribution in [0.25, 0.3) is 0 Å². The summed E-state index contributed by atoms with van der Waals surface area (Å²) in [6, 6.07) is 7.04.